The van der Waals surface area contributed by atoms with Crippen molar-refractivity contribution in [3.05, 3.63) is 182 Å². The van der Waals surface area contributed by atoms with Crippen molar-refractivity contribution >= 4 is 21.8 Å². The number of hydrogen-bond donors (Lipinski definition) is 0. The SMILES string of the molecule is [2H]c1c([2H])c([2H])c2c(c1[2H])c1cccc(-c3ccc(-c4ccccc4)cc3)c1n2-c1nc(-c2ccccc2)nc(-c2ccc(-c3ccccc3)cc2)n1. The number of para-hydroxylation sites is 2. The Bertz CT molecular complexity index is 2790. The Balaban J connectivity index is 1.32. The van der Waals surface area contributed by atoms with E-state index in [1.807, 2.05) is 109 Å². The largest absolute Gasteiger partial charge is 0.277 e. The van der Waals surface area contributed by atoms with Crippen molar-refractivity contribution in [1.82, 2.24) is 19.5 Å². The van der Waals surface area contributed by atoms with Gasteiger partial charge in [-0.25, -0.2) is 4.98 Å². The number of rotatable bonds is 6. The molecule has 0 saturated heterocycles. The summed E-state index contributed by atoms with van der Waals surface area (Å²) >= 11 is 0. The molecule has 4 nitrogen and oxygen atoms in total. The highest BCUT2D eigenvalue weighted by molar-refractivity contribution is 6.13. The lowest BCUT2D eigenvalue weighted by molar-refractivity contribution is 0.954. The first-order chi connectivity index (χ1) is 26.0. The van der Waals surface area contributed by atoms with E-state index in [2.05, 4.69) is 48.5 Å². The van der Waals surface area contributed by atoms with Gasteiger partial charge in [-0.3, -0.25) is 4.57 Å². The van der Waals surface area contributed by atoms with Crippen molar-refractivity contribution in [1.29, 1.82) is 0 Å². The lowest BCUT2D eigenvalue weighted by atomic mass is 9.98. The summed E-state index contributed by atoms with van der Waals surface area (Å²) in [6.07, 6.45) is 0. The van der Waals surface area contributed by atoms with Crippen LogP contribution in [0.4, 0.5) is 0 Å². The molecule has 2 heterocycles. The molecule has 0 unspecified atom stereocenters. The number of benzene rings is 7. The third-order valence-electron chi connectivity index (χ3n) is 8.83. The third kappa shape index (κ3) is 5.26. The zero-order valence-electron chi connectivity index (χ0n) is 30.3. The van der Waals surface area contributed by atoms with Gasteiger partial charge >= 0.3 is 0 Å². The summed E-state index contributed by atoms with van der Waals surface area (Å²) in [7, 11) is 0. The van der Waals surface area contributed by atoms with Crippen molar-refractivity contribution in [2.75, 3.05) is 0 Å². The Hall–Kier alpha value is -6.65. The molecule has 49 heavy (non-hydrogen) atoms. The summed E-state index contributed by atoms with van der Waals surface area (Å²) < 4.78 is 37.4. The van der Waals surface area contributed by atoms with Crippen LogP contribution < -0.4 is 0 Å². The van der Waals surface area contributed by atoms with Crippen LogP contribution in [0.5, 0.6) is 0 Å². The van der Waals surface area contributed by atoms with Gasteiger partial charge in [0.25, 0.3) is 0 Å². The van der Waals surface area contributed by atoms with E-state index in [0.717, 1.165) is 44.5 Å². The summed E-state index contributed by atoms with van der Waals surface area (Å²) in [6, 6.07) is 51.4. The van der Waals surface area contributed by atoms with Crippen LogP contribution >= 0.6 is 0 Å². The van der Waals surface area contributed by atoms with E-state index in [-0.39, 0.29) is 30.1 Å². The van der Waals surface area contributed by atoms with Gasteiger partial charge in [0.15, 0.2) is 11.6 Å². The number of nitrogens with zero attached hydrogens (tertiary/aromatic N) is 4. The van der Waals surface area contributed by atoms with Gasteiger partial charge in [-0.1, -0.05) is 176 Å². The molecule has 9 rings (SSSR count). The van der Waals surface area contributed by atoms with Crippen molar-refractivity contribution in [3.8, 4) is 62.1 Å². The molecule has 0 aliphatic carbocycles. The van der Waals surface area contributed by atoms with Gasteiger partial charge < -0.3 is 0 Å². The number of fused-ring (bicyclic) bond motifs is 3. The highest BCUT2D eigenvalue weighted by Crippen LogP contribution is 2.38. The van der Waals surface area contributed by atoms with Crippen LogP contribution in [0.15, 0.2) is 182 Å². The molecule has 2 aromatic heterocycles. The zero-order valence-corrected chi connectivity index (χ0v) is 26.3. The first-order valence-corrected chi connectivity index (χ1v) is 16.1. The van der Waals surface area contributed by atoms with Crippen LogP contribution in [0, 0.1) is 0 Å². The third-order valence-corrected chi connectivity index (χ3v) is 8.83. The minimum atomic E-state index is -0.325. The lowest BCUT2D eigenvalue weighted by Gasteiger charge is -2.13. The van der Waals surface area contributed by atoms with Gasteiger partial charge in [0.1, 0.15) is 0 Å². The lowest BCUT2D eigenvalue weighted by Crippen LogP contribution is -2.07. The van der Waals surface area contributed by atoms with E-state index < -0.39 is 0 Å². The molecule has 0 amide bonds. The minimum Gasteiger partial charge on any atom is -0.277 e. The first kappa shape index (κ1) is 24.5. The van der Waals surface area contributed by atoms with Gasteiger partial charge in [-0.15, -0.1) is 0 Å². The summed E-state index contributed by atoms with van der Waals surface area (Å²) in [5.74, 6) is 1.13. The van der Waals surface area contributed by atoms with Crippen molar-refractivity contribution < 1.29 is 5.48 Å². The van der Waals surface area contributed by atoms with Crippen LogP contribution in [0.1, 0.15) is 5.48 Å². The highest BCUT2D eigenvalue weighted by atomic mass is 15.2. The smallest absolute Gasteiger partial charge is 0.238 e. The van der Waals surface area contributed by atoms with E-state index in [9.17, 15) is 1.37 Å². The Labute approximate surface area is 290 Å². The topological polar surface area (TPSA) is 43.6 Å². The van der Waals surface area contributed by atoms with Gasteiger partial charge in [0.2, 0.25) is 5.95 Å². The molecular formula is C45H30N4. The van der Waals surface area contributed by atoms with Gasteiger partial charge in [0.05, 0.1) is 16.5 Å². The first-order valence-electron chi connectivity index (χ1n) is 18.1. The Morgan fingerprint density at radius 3 is 1.45 bits per heavy atom. The van der Waals surface area contributed by atoms with Crippen LogP contribution in [0.25, 0.3) is 83.9 Å². The van der Waals surface area contributed by atoms with Gasteiger partial charge in [-0.2, -0.15) is 9.97 Å². The van der Waals surface area contributed by atoms with Gasteiger partial charge in [0, 0.05) is 27.5 Å². The normalized spacial score (nSPS) is 12.4. The zero-order chi connectivity index (χ0) is 36.1. The maximum atomic E-state index is 9.20. The monoisotopic (exact) mass is 630 g/mol. The van der Waals surface area contributed by atoms with Crippen LogP contribution in [0.3, 0.4) is 0 Å². The second-order valence-electron chi connectivity index (χ2n) is 11.8. The van der Waals surface area contributed by atoms with Crippen molar-refractivity contribution in [2.45, 2.75) is 0 Å². The standard InChI is InChI=1S/C45H30N4/c1-4-13-31(14-5-1)33-23-27-35(28-24-33)38-20-12-21-40-39-19-10-11-22-41(39)49(42(38)40)45-47-43(36-17-8-3-9-18-36)46-44(48-45)37-29-25-34(26-30-37)32-15-6-2-7-16-32/h1-30H/i10D,11D,19D,22D. The maximum Gasteiger partial charge on any atom is 0.238 e. The second kappa shape index (κ2) is 12.2. The molecular weight excluding hydrogens is 597 g/mol. The van der Waals surface area contributed by atoms with E-state index in [1.165, 1.54) is 0 Å². The summed E-state index contributed by atoms with van der Waals surface area (Å²) in [5.41, 5.74) is 8.66. The number of hydrogen-bond acceptors (Lipinski definition) is 3. The van der Waals surface area contributed by atoms with Crippen LogP contribution in [-0.2, 0) is 0 Å². The van der Waals surface area contributed by atoms with Gasteiger partial charge in [-0.05, 0) is 33.9 Å². The fraction of sp³-hybridized carbons (Fsp3) is 0. The fourth-order valence-electron chi connectivity index (χ4n) is 6.42. The molecule has 0 spiro atoms. The molecule has 0 radical (unpaired) electrons. The quantitative estimate of drug-likeness (QED) is 0.184. The number of aromatic nitrogens is 4. The van der Waals surface area contributed by atoms with Crippen molar-refractivity contribution in [3.63, 3.8) is 0 Å². The molecule has 0 aliphatic heterocycles. The average Bonchev–Trinajstić information content (AvgIpc) is 3.59. The molecule has 9 aromatic rings. The van der Waals surface area contributed by atoms with E-state index in [1.54, 1.807) is 4.57 Å². The van der Waals surface area contributed by atoms with E-state index in [0.29, 0.717) is 33.5 Å². The molecule has 4 heteroatoms. The van der Waals surface area contributed by atoms with E-state index >= 15 is 0 Å². The predicted octanol–water partition coefficient (Wildman–Crippen LogP) is 11.3. The Morgan fingerprint density at radius 2 is 0.857 bits per heavy atom. The molecule has 0 fully saturated rings. The summed E-state index contributed by atoms with van der Waals surface area (Å²) in [6.45, 7) is 0. The maximum absolute atomic E-state index is 9.20. The molecule has 0 N–H and O–H groups in total. The minimum absolute atomic E-state index is 0.115. The molecule has 0 saturated carbocycles. The highest BCUT2D eigenvalue weighted by Gasteiger charge is 2.20. The predicted molar refractivity (Wildman–Crippen MR) is 201 cm³/mol. The van der Waals surface area contributed by atoms with E-state index in [4.69, 9.17) is 19.1 Å². The van der Waals surface area contributed by atoms with Crippen LogP contribution in [-0.4, -0.2) is 19.5 Å². The molecule has 230 valence electrons. The Kier molecular flexibility index (Phi) is 6.09. The average molecular weight is 631 g/mol. The fourth-order valence-corrected chi connectivity index (χ4v) is 6.42. The molecule has 0 atom stereocenters. The Morgan fingerprint density at radius 1 is 0.388 bits per heavy atom. The summed E-state index contributed by atoms with van der Waals surface area (Å²) in [4.78, 5) is 15.1. The molecule has 0 aliphatic rings. The second-order valence-corrected chi connectivity index (χ2v) is 11.8. The van der Waals surface area contributed by atoms with Crippen molar-refractivity contribution in [2.24, 2.45) is 0 Å². The van der Waals surface area contributed by atoms with Crippen LogP contribution in [0.2, 0.25) is 0 Å². The summed E-state index contributed by atoms with van der Waals surface area (Å²) in [5, 5.41) is 1.08. The molecule has 7 aromatic carbocycles. The molecule has 0 bridgehead atoms.